The summed E-state index contributed by atoms with van der Waals surface area (Å²) in [5, 5.41) is 0. The number of rotatable bonds is 7. The summed E-state index contributed by atoms with van der Waals surface area (Å²) in [7, 11) is 3.39. The second-order valence-corrected chi connectivity index (χ2v) is 6.81. The molecule has 0 bridgehead atoms. The van der Waals surface area contributed by atoms with Gasteiger partial charge in [-0.25, -0.2) is 0 Å². The first kappa shape index (κ1) is 20.8. The van der Waals surface area contributed by atoms with Gasteiger partial charge in [-0.15, -0.1) is 0 Å². The van der Waals surface area contributed by atoms with Crippen molar-refractivity contribution in [3.63, 3.8) is 0 Å². The molecule has 0 fully saturated rings. The van der Waals surface area contributed by atoms with Crippen molar-refractivity contribution in [3.05, 3.63) is 64.7 Å². The highest BCUT2D eigenvalue weighted by Crippen LogP contribution is 2.36. The highest BCUT2D eigenvalue weighted by molar-refractivity contribution is 5.99. The monoisotopic (exact) mass is 365 g/mol. The van der Waals surface area contributed by atoms with Crippen molar-refractivity contribution >= 4 is 11.3 Å². The predicted octanol–water partition coefficient (Wildman–Crippen LogP) is 6.09. The number of ether oxygens (including phenoxy) is 2. The lowest BCUT2D eigenvalue weighted by molar-refractivity contribution is 0.388. The van der Waals surface area contributed by atoms with E-state index in [2.05, 4.69) is 52.0 Å². The first-order chi connectivity index (χ1) is 12.9. The summed E-state index contributed by atoms with van der Waals surface area (Å²) >= 11 is 0. The maximum absolute atomic E-state index is 5.58. The van der Waals surface area contributed by atoms with Crippen molar-refractivity contribution < 1.29 is 9.47 Å². The molecular formula is C24H31NO2. The minimum absolute atomic E-state index is 0.0299. The van der Waals surface area contributed by atoms with Crippen molar-refractivity contribution in [2.24, 2.45) is 4.99 Å². The largest absolute Gasteiger partial charge is 0.496 e. The number of benzene rings is 2. The molecule has 0 aliphatic carbocycles. The molecule has 0 aromatic heterocycles. The first-order valence-electron chi connectivity index (χ1n) is 9.45. The van der Waals surface area contributed by atoms with Gasteiger partial charge < -0.3 is 9.47 Å². The molecule has 0 heterocycles. The Kier molecular flexibility index (Phi) is 7.23. The van der Waals surface area contributed by atoms with E-state index in [1.165, 1.54) is 11.1 Å². The lowest BCUT2D eigenvalue weighted by Gasteiger charge is -2.20. The van der Waals surface area contributed by atoms with Gasteiger partial charge in [0.15, 0.2) is 0 Å². The van der Waals surface area contributed by atoms with E-state index < -0.39 is 0 Å². The summed E-state index contributed by atoms with van der Waals surface area (Å²) in [6, 6.07) is 14.5. The van der Waals surface area contributed by atoms with Gasteiger partial charge in [-0.3, -0.25) is 4.99 Å². The topological polar surface area (TPSA) is 30.8 Å². The van der Waals surface area contributed by atoms with Crippen LogP contribution in [-0.2, 0) is 0 Å². The molecule has 0 spiro atoms. The molecule has 0 radical (unpaired) electrons. The van der Waals surface area contributed by atoms with Gasteiger partial charge in [0.2, 0.25) is 0 Å². The summed E-state index contributed by atoms with van der Waals surface area (Å²) in [6.07, 6.45) is 0.970. The van der Waals surface area contributed by atoms with Crippen LogP contribution < -0.4 is 9.47 Å². The van der Waals surface area contributed by atoms with Crippen molar-refractivity contribution in [2.45, 2.75) is 47.1 Å². The Bertz CT molecular complexity index is 810. The van der Waals surface area contributed by atoms with Crippen LogP contribution in [0.3, 0.4) is 0 Å². The molecule has 2 aromatic rings. The van der Waals surface area contributed by atoms with E-state index in [1.807, 2.05) is 25.1 Å². The predicted molar refractivity (Wildman–Crippen MR) is 115 cm³/mol. The van der Waals surface area contributed by atoms with Crippen LogP contribution in [0.25, 0.3) is 5.57 Å². The van der Waals surface area contributed by atoms with Crippen LogP contribution in [0.5, 0.6) is 11.5 Å². The third-order valence-corrected chi connectivity index (χ3v) is 5.05. The zero-order valence-corrected chi connectivity index (χ0v) is 17.6. The third kappa shape index (κ3) is 4.79. The van der Waals surface area contributed by atoms with E-state index in [1.54, 1.807) is 14.2 Å². The molecule has 0 aliphatic heterocycles. The SMILES string of the molecule is CCC(C)=C(c1cc(OC)c(C)c(OC)c1)C(C)N=C(C)c1ccccc1. The molecule has 1 unspecified atom stereocenters. The van der Waals surface area contributed by atoms with E-state index in [0.29, 0.717) is 0 Å². The Balaban J connectivity index is 2.54. The number of hydrogen-bond acceptors (Lipinski definition) is 3. The fraction of sp³-hybridized carbons (Fsp3) is 0.375. The van der Waals surface area contributed by atoms with E-state index in [9.17, 15) is 0 Å². The lowest BCUT2D eigenvalue weighted by Crippen LogP contribution is -2.09. The Hall–Kier alpha value is -2.55. The Labute approximate surface area is 163 Å². The number of allylic oxidation sites excluding steroid dienone is 1. The van der Waals surface area contributed by atoms with Crippen molar-refractivity contribution in [3.8, 4) is 11.5 Å². The molecule has 3 heteroatoms. The standard InChI is InChI=1S/C24H31NO2/c1-8-16(2)24(19(5)25-18(4)20-12-10-9-11-13-20)21-14-22(26-6)17(3)23(15-21)27-7/h9-15,19H,8H2,1-7H3. The van der Waals surface area contributed by atoms with Gasteiger partial charge in [-0.1, -0.05) is 42.8 Å². The molecule has 2 aromatic carbocycles. The van der Waals surface area contributed by atoms with Gasteiger partial charge >= 0.3 is 0 Å². The minimum Gasteiger partial charge on any atom is -0.496 e. The van der Waals surface area contributed by atoms with Gasteiger partial charge in [0.1, 0.15) is 11.5 Å². The van der Waals surface area contributed by atoms with Crippen LogP contribution in [0.15, 0.2) is 53.0 Å². The number of aliphatic imine (C=N–C) groups is 1. The van der Waals surface area contributed by atoms with Crippen molar-refractivity contribution in [2.75, 3.05) is 14.2 Å². The average molecular weight is 366 g/mol. The van der Waals surface area contributed by atoms with E-state index in [4.69, 9.17) is 14.5 Å². The molecular weight excluding hydrogens is 334 g/mol. The van der Waals surface area contributed by atoms with E-state index in [0.717, 1.165) is 40.3 Å². The maximum Gasteiger partial charge on any atom is 0.126 e. The van der Waals surface area contributed by atoms with Gasteiger partial charge in [0, 0.05) is 11.3 Å². The number of hydrogen-bond donors (Lipinski definition) is 0. The fourth-order valence-electron chi connectivity index (χ4n) is 3.39. The van der Waals surface area contributed by atoms with Crippen LogP contribution in [0, 0.1) is 6.92 Å². The minimum atomic E-state index is 0.0299. The first-order valence-corrected chi connectivity index (χ1v) is 9.45. The fourth-order valence-corrected chi connectivity index (χ4v) is 3.39. The molecule has 2 rings (SSSR count). The van der Waals surface area contributed by atoms with Crippen LogP contribution >= 0.6 is 0 Å². The van der Waals surface area contributed by atoms with Crippen molar-refractivity contribution in [1.29, 1.82) is 0 Å². The molecule has 144 valence electrons. The third-order valence-electron chi connectivity index (χ3n) is 5.05. The second-order valence-electron chi connectivity index (χ2n) is 6.81. The smallest absolute Gasteiger partial charge is 0.126 e. The molecule has 0 aliphatic rings. The summed E-state index contributed by atoms with van der Waals surface area (Å²) in [5.74, 6) is 1.67. The second kappa shape index (κ2) is 9.40. The zero-order chi connectivity index (χ0) is 20.0. The lowest BCUT2D eigenvalue weighted by atomic mass is 9.92. The Morgan fingerprint density at radius 3 is 2.00 bits per heavy atom. The van der Waals surface area contributed by atoms with Crippen LogP contribution in [0.4, 0.5) is 0 Å². The number of methoxy groups -OCH3 is 2. The molecule has 3 nitrogen and oxygen atoms in total. The summed E-state index contributed by atoms with van der Waals surface area (Å²) in [5.41, 5.74) is 6.84. The quantitative estimate of drug-likeness (QED) is 0.556. The van der Waals surface area contributed by atoms with Gasteiger partial charge in [0.05, 0.1) is 20.3 Å². The molecule has 0 saturated carbocycles. The highest BCUT2D eigenvalue weighted by atomic mass is 16.5. The summed E-state index contributed by atoms with van der Waals surface area (Å²) in [6.45, 7) is 10.6. The molecule has 0 amide bonds. The van der Waals surface area contributed by atoms with Crippen molar-refractivity contribution in [1.82, 2.24) is 0 Å². The Morgan fingerprint density at radius 1 is 0.963 bits per heavy atom. The van der Waals surface area contributed by atoms with Crippen LogP contribution in [0.1, 0.15) is 50.8 Å². The van der Waals surface area contributed by atoms with E-state index in [-0.39, 0.29) is 6.04 Å². The van der Waals surface area contributed by atoms with Crippen LogP contribution in [0.2, 0.25) is 0 Å². The molecule has 0 N–H and O–H groups in total. The summed E-state index contributed by atoms with van der Waals surface area (Å²) in [4.78, 5) is 5.00. The van der Waals surface area contributed by atoms with E-state index >= 15 is 0 Å². The summed E-state index contributed by atoms with van der Waals surface area (Å²) < 4.78 is 11.2. The van der Waals surface area contributed by atoms with Gasteiger partial charge in [-0.2, -0.15) is 0 Å². The number of nitrogens with zero attached hydrogens (tertiary/aromatic N) is 1. The molecule has 27 heavy (non-hydrogen) atoms. The molecule has 0 saturated heterocycles. The van der Waals surface area contributed by atoms with Gasteiger partial charge in [0.25, 0.3) is 0 Å². The van der Waals surface area contributed by atoms with Crippen LogP contribution in [-0.4, -0.2) is 26.0 Å². The normalized spacial score (nSPS) is 13.8. The highest BCUT2D eigenvalue weighted by Gasteiger charge is 2.18. The zero-order valence-electron chi connectivity index (χ0n) is 17.6. The Morgan fingerprint density at radius 2 is 1.52 bits per heavy atom. The molecule has 1 atom stereocenters. The maximum atomic E-state index is 5.58. The average Bonchev–Trinajstić information content (AvgIpc) is 2.69. The van der Waals surface area contributed by atoms with Gasteiger partial charge in [-0.05, 0) is 62.9 Å².